The summed E-state index contributed by atoms with van der Waals surface area (Å²) in [6.07, 6.45) is 0.942. The number of amidine groups is 1. The molecule has 0 saturated carbocycles. The topological polar surface area (TPSA) is 24.4 Å². The fraction of sp³-hybridized carbons (Fsp3) is 0.235. The van der Waals surface area contributed by atoms with Crippen LogP contribution in [0.3, 0.4) is 0 Å². The van der Waals surface area contributed by atoms with Gasteiger partial charge in [0.1, 0.15) is 0 Å². The molecular formula is C17H18N2. The van der Waals surface area contributed by atoms with Gasteiger partial charge >= 0.3 is 0 Å². The van der Waals surface area contributed by atoms with Crippen LogP contribution in [0.15, 0.2) is 59.6 Å². The smallest absolute Gasteiger partial charge is 0.0971 e. The van der Waals surface area contributed by atoms with Crippen molar-refractivity contribution in [3.63, 3.8) is 0 Å². The van der Waals surface area contributed by atoms with Gasteiger partial charge in [-0.15, -0.1) is 0 Å². The molecule has 0 amide bonds. The SMILES string of the molecule is CCC1=NCc2ccccc2[C@@H](c2ccccc2)N1. The van der Waals surface area contributed by atoms with Crippen molar-refractivity contribution in [2.45, 2.75) is 25.9 Å². The Labute approximate surface area is 114 Å². The summed E-state index contributed by atoms with van der Waals surface area (Å²) in [6, 6.07) is 19.4. The van der Waals surface area contributed by atoms with Gasteiger partial charge in [0.05, 0.1) is 18.4 Å². The third-order valence-corrected chi connectivity index (χ3v) is 3.59. The van der Waals surface area contributed by atoms with Crippen molar-refractivity contribution in [1.82, 2.24) is 5.32 Å². The van der Waals surface area contributed by atoms with Crippen LogP contribution in [0.4, 0.5) is 0 Å². The molecule has 2 aromatic carbocycles. The summed E-state index contributed by atoms with van der Waals surface area (Å²) >= 11 is 0. The molecule has 0 aromatic heterocycles. The van der Waals surface area contributed by atoms with E-state index in [1.807, 2.05) is 0 Å². The number of hydrogen-bond acceptors (Lipinski definition) is 2. The second-order valence-corrected chi connectivity index (χ2v) is 4.80. The summed E-state index contributed by atoms with van der Waals surface area (Å²) in [7, 11) is 0. The van der Waals surface area contributed by atoms with E-state index in [0.717, 1.165) is 18.8 Å². The molecule has 1 heterocycles. The van der Waals surface area contributed by atoms with Gasteiger partial charge in [0.2, 0.25) is 0 Å². The zero-order chi connectivity index (χ0) is 13.1. The first kappa shape index (κ1) is 12.0. The molecule has 0 aliphatic carbocycles. The first-order valence-corrected chi connectivity index (χ1v) is 6.81. The molecule has 0 radical (unpaired) electrons. The molecule has 0 spiro atoms. The Balaban J connectivity index is 2.08. The Hall–Kier alpha value is -2.09. The van der Waals surface area contributed by atoms with Crippen molar-refractivity contribution < 1.29 is 0 Å². The Kier molecular flexibility index (Phi) is 3.32. The van der Waals surface area contributed by atoms with Crippen LogP contribution in [0.1, 0.15) is 36.1 Å². The van der Waals surface area contributed by atoms with Gasteiger partial charge in [-0.2, -0.15) is 0 Å². The largest absolute Gasteiger partial charge is 0.363 e. The van der Waals surface area contributed by atoms with E-state index in [4.69, 9.17) is 0 Å². The molecule has 2 nitrogen and oxygen atoms in total. The molecule has 19 heavy (non-hydrogen) atoms. The molecular weight excluding hydrogens is 232 g/mol. The normalized spacial score (nSPS) is 17.9. The number of rotatable bonds is 2. The van der Waals surface area contributed by atoms with E-state index in [0.29, 0.717) is 0 Å². The van der Waals surface area contributed by atoms with Gasteiger partial charge in [0.15, 0.2) is 0 Å². The molecule has 1 atom stereocenters. The fourth-order valence-corrected chi connectivity index (χ4v) is 2.55. The monoisotopic (exact) mass is 250 g/mol. The molecule has 0 unspecified atom stereocenters. The van der Waals surface area contributed by atoms with Gasteiger partial charge in [0, 0.05) is 6.42 Å². The Bertz CT molecular complexity index is 587. The lowest BCUT2D eigenvalue weighted by Crippen LogP contribution is -2.27. The minimum atomic E-state index is 0.207. The van der Waals surface area contributed by atoms with Crippen LogP contribution in [0.25, 0.3) is 0 Å². The van der Waals surface area contributed by atoms with Crippen molar-refractivity contribution in [1.29, 1.82) is 0 Å². The number of benzene rings is 2. The fourth-order valence-electron chi connectivity index (χ4n) is 2.55. The van der Waals surface area contributed by atoms with E-state index in [-0.39, 0.29) is 6.04 Å². The van der Waals surface area contributed by atoms with E-state index in [2.05, 4.69) is 71.8 Å². The zero-order valence-electron chi connectivity index (χ0n) is 11.1. The Morgan fingerprint density at radius 2 is 1.79 bits per heavy atom. The van der Waals surface area contributed by atoms with Crippen LogP contribution in [0.2, 0.25) is 0 Å². The molecule has 3 rings (SSSR count). The van der Waals surface area contributed by atoms with Gasteiger partial charge in [0.25, 0.3) is 0 Å². The van der Waals surface area contributed by atoms with Crippen molar-refractivity contribution in [2.75, 3.05) is 0 Å². The van der Waals surface area contributed by atoms with Gasteiger partial charge in [-0.3, -0.25) is 4.99 Å². The van der Waals surface area contributed by atoms with Crippen LogP contribution in [0, 0.1) is 0 Å². The van der Waals surface area contributed by atoms with E-state index < -0.39 is 0 Å². The molecule has 1 aliphatic rings. The highest BCUT2D eigenvalue weighted by Crippen LogP contribution is 2.27. The second-order valence-electron chi connectivity index (χ2n) is 4.80. The summed E-state index contributed by atoms with van der Waals surface area (Å²) in [4.78, 5) is 4.66. The van der Waals surface area contributed by atoms with E-state index in [1.54, 1.807) is 0 Å². The number of aliphatic imine (C=N–C) groups is 1. The lowest BCUT2D eigenvalue weighted by molar-refractivity contribution is 0.754. The van der Waals surface area contributed by atoms with Gasteiger partial charge in [-0.05, 0) is 16.7 Å². The third-order valence-electron chi connectivity index (χ3n) is 3.59. The maximum Gasteiger partial charge on any atom is 0.0971 e. The summed E-state index contributed by atoms with van der Waals surface area (Å²) in [6.45, 7) is 2.92. The van der Waals surface area contributed by atoms with Gasteiger partial charge in [-0.1, -0.05) is 61.5 Å². The number of hydrogen-bond donors (Lipinski definition) is 1. The average Bonchev–Trinajstić information content (AvgIpc) is 2.68. The molecule has 2 heteroatoms. The number of nitrogens with one attached hydrogen (secondary N) is 1. The molecule has 2 aromatic rings. The van der Waals surface area contributed by atoms with Crippen LogP contribution in [-0.4, -0.2) is 5.84 Å². The quantitative estimate of drug-likeness (QED) is 0.863. The van der Waals surface area contributed by atoms with Crippen molar-refractivity contribution in [3.8, 4) is 0 Å². The first-order chi connectivity index (χ1) is 9.38. The molecule has 0 bridgehead atoms. The van der Waals surface area contributed by atoms with Crippen LogP contribution in [-0.2, 0) is 6.54 Å². The summed E-state index contributed by atoms with van der Waals surface area (Å²) in [5, 5.41) is 3.59. The Morgan fingerprint density at radius 3 is 2.58 bits per heavy atom. The lowest BCUT2D eigenvalue weighted by Gasteiger charge is -2.21. The summed E-state index contributed by atoms with van der Waals surface area (Å²) < 4.78 is 0. The van der Waals surface area contributed by atoms with Crippen LogP contribution >= 0.6 is 0 Å². The third kappa shape index (κ3) is 2.39. The maximum atomic E-state index is 4.66. The predicted molar refractivity (Wildman–Crippen MR) is 79.3 cm³/mol. The van der Waals surface area contributed by atoms with E-state index >= 15 is 0 Å². The molecule has 96 valence electrons. The molecule has 0 saturated heterocycles. The van der Waals surface area contributed by atoms with Gasteiger partial charge in [-0.25, -0.2) is 0 Å². The lowest BCUT2D eigenvalue weighted by atomic mass is 9.95. The molecule has 0 fully saturated rings. The minimum Gasteiger partial charge on any atom is -0.363 e. The maximum absolute atomic E-state index is 4.66. The summed E-state index contributed by atoms with van der Waals surface area (Å²) in [5.41, 5.74) is 3.94. The number of fused-ring (bicyclic) bond motifs is 1. The van der Waals surface area contributed by atoms with Crippen LogP contribution in [0.5, 0.6) is 0 Å². The molecule has 1 aliphatic heterocycles. The highest BCUT2D eigenvalue weighted by atomic mass is 15.0. The van der Waals surface area contributed by atoms with E-state index in [9.17, 15) is 0 Å². The summed E-state index contributed by atoms with van der Waals surface area (Å²) in [5.74, 6) is 1.09. The highest BCUT2D eigenvalue weighted by Gasteiger charge is 2.20. The van der Waals surface area contributed by atoms with Crippen molar-refractivity contribution >= 4 is 5.84 Å². The highest BCUT2D eigenvalue weighted by molar-refractivity contribution is 5.83. The van der Waals surface area contributed by atoms with Crippen LogP contribution < -0.4 is 5.32 Å². The molecule has 1 N–H and O–H groups in total. The van der Waals surface area contributed by atoms with Gasteiger partial charge < -0.3 is 5.32 Å². The predicted octanol–water partition coefficient (Wildman–Crippen LogP) is 3.69. The first-order valence-electron chi connectivity index (χ1n) is 6.81. The second kappa shape index (κ2) is 5.27. The zero-order valence-corrected chi connectivity index (χ0v) is 11.1. The van der Waals surface area contributed by atoms with Crippen molar-refractivity contribution in [3.05, 3.63) is 71.3 Å². The van der Waals surface area contributed by atoms with E-state index in [1.165, 1.54) is 16.7 Å². The number of nitrogens with zero attached hydrogens (tertiary/aromatic N) is 1. The standard InChI is InChI=1S/C17H18N2/c1-2-16-18-12-14-10-6-7-11-15(14)17(19-16)13-8-4-3-5-9-13/h3-11,17H,2,12H2,1H3,(H,18,19)/t17-/m1/s1. The average molecular weight is 250 g/mol. The van der Waals surface area contributed by atoms with Crippen molar-refractivity contribution in [2.24, 2.45) is 4.99 Å². The minimum absolute atomic E-state index is 0.207. The Morgan fingerprint density at radius 1 is 1.05 bits per heavy atom.